The first-order chi connectivity index (χ1) is 12.6. The van der Waals surface area contributed by atoms with Gasteiger partial charge in [-0.2, -0.15) is 0 Å². The number of aryl methyl sites for hydroxylation is 1. The van der Waals surface area contributed by atoms with Crippen molar-refractivity contribution in [3.05, 3.63) is 11.6 Å². The molecule has 3 fully saturated rings. The highest BCUT2D eigenvalue weighted by Gasteiger charge is 2.42. The van der Waals surface area contributed by atoms with E-state index in [-0.39, 0.29) is 11.3 Å². The van der Waals surface area contributed by atoms with E-state index in [9.17, 15) is 9.59 Å². The number of likely N-dealkylation sites (tertiary alicyclic amines) is 1. The van der Waals surface area contributed by atoms with Gasteiger partial charge in [-0.05, 0) is 56.3 Å². The van der Waals surface area contributed by atoms with Gasteiger partial charge in [-0.3, -0.25) is 9.59 Å². The summed E-state index contributed by atoms with van der Waals surface area (Å²) >= 11 is 0. The van der Waals surface area contributed by atoms with Crippen molar-refractivity contribution in [1.82, 2.24) is 25.0 Å². The third kappa shape index (κ3) is 3.01. The van der Waals surface area contributed by atoms with Crippen LogP contribution in [0, 0.1) is 17.3 Å². The Morgan fingerprint density at radius 2 is 1.85 bits per heavy atom. The number of rotatable bonds is 4. The van der Waals surface area contributed by atoms with Crippen LogP contribution in [0.1, 0.15) is 61.4 Å². The number of nitrogens with zero attached hydrogens (tertiary/aromatic N) is 4. The zero-order valence-corrected chi connectivity index (χ0v) is 15.2. The number of nitrogens with one attached hydrogen (secondary N) is 1. The van der Waals surface area contributed by atoms with Crippen molar-refractivity contribution >= 4 is 11.8 Å². The van der Waals surface area contributed by atoms with Crippen LogP contribution in [0.15, 0.2) is 0 Å². The van der Waals surface area contributed by atoms with E-state index in [2.05, 4.69) is 20.4 Å². The maximum atomic E-state index is 12.5. The van der Waals surface area contributed by atoms with Crippen LogP contribution in [0.3, 0.4) is 0 Å². The van der Waals surface area contributed by atoms with Crippen LogP contribution in [-0.4, -0.2) is 51.1 Å². The average Bonchev–Trinajstić information content (AvgIpc) is 3.57. The molecule has 2 aliphatic carbocycles. The summed E-state index contributed by atoms with van der Waals surface area (Å²) in [5.41, 5.74) is 0.182. The number of hydrogen-bond donors (Lipinski definition) is 1. The van der Waals surface area contributed by atoms with Gasteiger partial charge >= 0.3 is 0 Å². The summed E-state index contributed by atoms with van der Waals surface area (Å²) in [6.07, 6.45) is 8.58. The highest BCUT2D eigenvalue weighted by molar-refractivity contribution is 5.90. The molecule has 140 valence electrons. The van der Waals surface area contributed by atoms with Gasteiger partial charge in [-0.15, -0.1) is 10.2 Å². The molecule has 1 saturated heterocycles. The van der Waals surface area contributed by atoms with Crippen molar-refractivity contribution < 1.29 is 9.59 Å². The normalized spacial score (nSPS) is 24.4. The van der Waals surface area contributed by atoms with Gasteiger partial charge in [0.15, 0.2) is 0 Å². The van der Waals surface area contributed by atoms with Crippen LogP contribution in [0.2, 0.25) is 0 Å². The molecule has 1 spiro atoms. The Hall–Kier alpha value is -1.92. The Bertz CT molecular complexity index is 726. The summed E-state index contributed by atoms with van der Waals surface area (Å²) in [7, 11) is 0. The molecule has 0 atom stereocenters. The van der Waals surface area contributed by atoms with Crippen molar-refractivity contribution in [2.75, 3.05) is 19.6 Å². The van der Waals surface area contributed by atoms with Crippen molar-refractivity contribution in [2.24, 2.45) is 17.3 Å². The van der Waals surface area contributed by atoms with Crippen LogP contribution < -0.4 is 5.32 Å². The van der Waals surface area contributed by atoms with Gasteiger partial charge in [0.25, 0.3) is 5.91 Å². The van der Waals surface area contributed by atoms with Gasteiger partial charge in [0.05, 0.1) is 0 Å². The van der Waals surface area contributed by atoms with Gasteiger partial charge in [-0.1, -0.05) is 0 Å². The van der Waals surface area contributed by atoms with E-state index in [1.165, 1.54) is 12.8 Å². The number of amides is 2. The lowest BCUT2D eigenvalue weighted by molar-refractivity contribution is -0.135. The second kappa shape index (κ2) is 6.06. The largest absolute Gasteiger partial charge is 0.349 e. The van der Waals surface area contributed by atoms with E-state index >= 15 is 0 Å². The number of fused-ring (bicyclic) bond motifs is 1. The van der Waals surface area contributed by atoms with Crippen molar-refractivity contribution in [1.29, 1.82) is 0 Å². The molecule has 2 amide bonds. The molecule has 0 unspecified atom stereocenters. The Kier molecular flexibility index (Phi) is 3.79. The maximum absolute atomic E-state index is 12.5. The van der Waals surface area contributed by atoms with Crippen molar-refractivity contribution in [3.63, 3.8) is 0 Å². The Morgan fingerprint density at radius 3 is 2.54 bits per heavy atom. The van der Waals surface area contributed by atoms with Crippen molar-refractivity contribution in [3.8, 4) is 0 Å². The zero-order valence-electron chi connectivity index (χ0n) is 15.2. The highest BCUT2D eigenvalue weighted by atomic mass is 16.2. The van der Waals surface area contributed by atoms with E-state index in [4.69, 9.17) is 0 Å². The van der Waals surface area contributed by atoms with E-state index < -0.39 is 0 Å². The molecular weight excluding hydrogens is 330 g/mol. The molecule has 4 aliphatic rings. The molecule has 1 aromatic rings. The van der Waals surface area contributed by atoms with E-state index in [1.807, 2.05) is 4.57 Å². The summed E-state index contributed by atoms with van der Waals surface area (Å²) in [6.45, 7) is 3.28. The number of carbonyl (C=O) groups excluding carboxylic acids is 2. The number of piperidine rings is 1. The summed E-state index contributed by atoms with van der Waals surface area (Å²) in [6, 6.07) is 0. The number of hydrogen-bond acceptors (Lipinski definition) is 4. The minimum absolute atomic E-state index is 0.0888. The molecule has 0 radical (unpaired) electrons. The smallest absolute Gasteiger partial charge is 0.289 e. The topological polar surface area (TPSA) is 80.1 Å². The van der Waals surface area contributed by atoms with Gasteiger partial charge in [-0.25, -0.2) is 0 Å². The second-order valence-electron chi connectivity index (χ2n) is 8.78. The van der Waals surface area contributed by atoms with Gasteiger partial charge in [0.1, 0.15) is 5.82 Å². The highest BCUT2D eigenvalue weighted by Crippen LogP contribution is 2.42. The lowest BCUT2D eigenvalue weighted by Crippen LogP contribution is -2.47. The standard InChI is InChI=1S/C19H27N5O2/c25-17(20-11-13-1-2-13)16-22-21-15-5-6-19(12-24(15)16)7-9-23(10-8-19)18(26)14-3-4-14/h13-14H,1-12H2,(H,20,25). The maximum Gasteiger partial charge on any atom is 0.289 e. The Balaban J connectivity index is 1.26. The summed E-state index contributed by atoms with van der Waals surface area (Å²) in [5.74, 6) is 2.64. The molecular formula is C19H27N5O2. The molecule has 5 rings (SSSR count). The lowest BCUT2D eigenvalue weighted by atomic mass is 9.73. The Labute approximate surface area is 153 Å². The molecule has 7 heteroatoms. The fourth-order valence-corrected chi connectivity index (χ4v) is 4.48. The fraction of sp³-hybridized carbons (Fsp3) is 0.789. The third-order valence-electron chi connectivity index (χ3n) is 6.71. The van der Waals surface area contributed by atoms with Crippen molar-refractivity contribution in [2.45, 2.75) is 57.9 Å². The third-order valence-corrected chi connectivity index (χ3v) is 6.71. The van der Waals surface area contributed by atoms with E-state index in [0.717, 1.165) is 70.5 Å². The monoisotopic (exact) mass is 357 g/mol. The lowest BCUT2D eigenvalue weighted by Gasteiger charge is -2.44. The van der Waals surface area contributed by atoms with Gasteiger partial charge in [0, 0.05) is 38.5 Å². The molecule has 1 aromatic heterocycles. The minimum atomic E-state index is -0.0888. The van der Waals surface area contributed by atoms with E-state index in [1.54, 1.807) is 0 Å². The summed E-state index contributed by atoms with van der Waals surface area (Å²) in [5, 5.41) is 11.5. The van der Waals surface area contributed by atoms with Crippen LogP contribution in [0.4, 0.5) is 0 Å². The Morgan fingerprint density at radius 1 is 1.08 bits per heavy atom. The molecule has 3 heterocycles. The number of aromatic nitrogens is 3. The molecule has 26 heavy (non-hydrogen) atoms. The number of carbonyl (C=O) groups is 2. The predicted octanol–water partition coefficient (Wildman–Crippen LogP) is 1.38. The molecule has 7 nitrogen and oxygen atoms in total. The fourth-order valence-electron chi connectivity index (χ4n) is 4.48. The van der Waals surface area contributed by atoms with Crippen LogP contribution in [0.5, 0.6) is 0 Å². The first-order valence-electron chi connectivity index (χ1n) is 10.1. The summed E-state index contributed by atoms with van der Waals surface area (Å²) < 4.78 is 2.05. The van der Waals surface area contributed by atoms with Crippen LogP contribution in [-0.2, 0) is 17.8 Å². The second-order valence-corrected chi connectivity index (χ2v) is 8.78. The molecule has 2 saturated carbocycles. The molecule has 0 aromatic carbocycles. The first kappa shape index (κ1) is 16.3. The van der Waals surface area contributed by atoms with Gasteiger partial charge in [0.2, 0.25) is 11.7 Å². The SMILES string of the molecule is O=C(NCC1CC1)c1nnc2n1CC1(CC2)CCN(C(=O)C2CC2)CC1. The average molecular weight is 357 g/mol. The zero-order chi connectivity index (χ0) is 17.7. The van der Waals surface area contributed by atoms with E-state index in [0.29, 0.717) is 23.6 Å². The quantitative estimate of drug-likeness (QED) is 0.883. The minimum Gasteiger partial charge on any atom is -0.349 e. The molecule has 1 N–H and O–H groups in total. The molecule has 2 aliphatic heterocycles. The first-order valence-corrected chi connectivity index (χ1v) is 10.1. The van der Waals surface area contributed by atoms with Crippen LogP contribution >= 0.6 is 0 Å². The summed E-state index contributed by atoms with van der Waals surface area (Å²) in [4.78, 5) is 26.9. The van der Waals surface area contributed by atoms with Gasteiger partial charge < -0.3 is 14.8 Å². The molecule has 0 bridgehead atoms. The van der Waals surface area contributed by atoms with Crippen LogP contribution in [0.25, 0.3) is 0 Å². The predicted molar refractivity (Wildman–Crippen MR) is 94.4 cm³/mol.